The van der Waals surface area contributed by atoms with E-state index in [1.165, 1.54) is 0 Å². The quantitative estimate of drug-likeness (QED) is 0.316. The molecule has 0 fully saturated rings. The van der Waals surface area contributed by atoms with Gasteiger partial charge in [-0.2, -0.15) is 0 Å². The van der Waals surface area contributed by atoms with Gasteiger partial charge in [-0.05, 0) is 54.1 Å². The molecule has 32 heavy (non-hydrogen) atoms. The normalized spacial score (nSPS) is 10.6. The summed E-state index contributed by atoms with van der Waals surface area (Å²) in [6.45, 7) is 0.516. The van der Waals surface area contributed by atoms with E-state index in [1.807, 2.05) is 103 Å². The van der Waals surface area contributed by atoms with Gasteiger partial charge in [0, 0.05) is 17.1 Å². The molecule has 0 spiro atoms. The van der Waals surface area contributed by atoms with Crippen LogP contribution in [0.25, 0.3) is 10.9 Å². The van der Waals surface area contributed by atoms with Gasteiger partial charge < -0.3 is 14.8 Å². The fraction of sp³-hybridized carbons (Fsp3) is 0.0370. The molecule has 4 aromatic carbocycles. The predicted octanol–water partition coefficient (Wildman–Crippen LogP) is 6.74. The largest absolute Gasteiger partial charge is 0.489 e. The lowest BCUT2D eigenvalue weighted by Gasteiger charge is -2.11. The van der Waals surface area contributed by atoms with Gasteiger partial charge in [-0.25, -0.2) is 9.97 Å². The second-order valence-corrected chi connectivity index (χ2v) is 7.24. The second kappa shape index (κ2) is 9.18. The zero-order chi connectivity index (χ0) is 21.6. The Bertz CT molecular complexity index is 1320. The first-order valence-electron chi connectivity index (χ1n) is 10.3. The first kappa shape index (κ1) is 19.6. The standard InChI is InChI=1S/C27H21N3O2/c1-2-7-20(8-3-1)18-31-23-9-6-10-24(17-23)32-22-15-13-21(14-16-22)30-27-25-11-4-5-12-26(25)28-19-29-27/h1-17,19H,18H2,(H,28,29,30). The average Bonchev–Trinajstić information content (AvgIpc) is 2.85. The number of nitrogens with one attached hydrogen (secondary N) is 1. The van der Waals surface area contributed by atoms with Crippen molar-refractivity contribution in [1.29, 1.82) is 0 Å². The molecule has 0 amide bonds. The van der Waals surface area contributed by atoms with Gasteiger partial charge in [-0.15, -0.1) is 0 Å². The highest BCUT2D eigenvalue weighted by Gasteiger charge is 2.05. The lowest BCUT2D eigenvalue weighted by Crippen LogP contribution is -1.96. The van der Waals surface area contributed by atoms with Gasteiger partial charge in [0.05, 0.1) is 5.52 Å². The molecule has 0 aliphatic rings. The molecule has 0 radical (unpaired) electrons. The highest BCUT2D eigenvalue weighted by atomic mass is 16.5. The number of anilines is 2. The third-order valence-corrected chi connectivity index (χ3v) is 4.95. The molecule has 0 bridgehead atoms. The Kier molecular flexibility index (Phi) is 5.62. The van der Waals surface area contributed by atoms with Crippen molar-refractivity contribution in [2.24, 2.45) is 0 Å². The number of hydrogen-bond acceptors (Lipinski definition) is 5. The lowest BCUT2D eigenvalue weighted by molar-refractivity contribution is 0.304. The summed E-state index contributed by atoms with van der Waals surface area (Å²) in [6.07, 6.45) is 1.56. The van der Waals surface area contributed by atoms with Crippen LogP contribution in [0, 0.1) is 0 Å². The van der Waals surface area contributed by atoms with Crippen LogP contribution in [0.1, 0.15) is 5.56 Å². The number of benzene rings is 4. The van der Waals surface area contributed by atoms with Gasteiger partial charge in [-0.3, -0.25) is 0 Å². The number of hydrogen-bond donors (Lipinski definition) is 1. The van der Waals surface area contributed by atoms with E-state index in [0.717, 1.165) is 45.2 Å². The predicted molar refractivity (Wildman–Crippen MR) is 127 cm³/mol. The van der Waals surface area contributed by atoms with E-state index in [2.05, 4.69) is 15.3 Å². The van der Waals surface area contributed by atoms with Crippen molar-refractivity contribution in [3.8, 4) is 17.2 Å². The molecule has 1 heterocycles. The van der Waals surface area contributed by atoms with Crippen molar-refractivity contribution in [2.75, 3.05) is 5.32 Å². The van der Waals surface area contributed by atoms with E-state index >= 15 is 0 Å². The molecule has 156 valence electrons. The molecule has 1 aromatic heterocycles. The zero-order valence-corrected chi connectivity index (χ0v) is 17.3. The summed E-state index contributed by atoms with van der Waals surface area (Å²) in [5, 5.41) is 4.33. The number of rotatable bonds is 7. The molecule has 5 aromatic rings. The van der Waals surface area contributed by atoms with Crippen LogP contribution in [-0.4, -0.2) is 9.97 Å². The van der Waals surface area contributed by atoms with Crippen LogP contribution in [0.15, 0.2) is 109 Å². The zero-order valence-electron chi connectivity index (χ0n) is 17.3. The smallest absolute Gasteiger partial charge is 0.141 e. The maximum Gasteiger partial charge on any atom is 0.141 e. The van der Waals surface area contributed by atoms with Crippen LogP contribution in [-0.2, 0) is 6.61 Å². The lowest BCUT2D eigenvalue weighted by atomic mass is 10.2. The van der Waals surface area contributed by atoms with Crippen LogP contribution in [0.5, 0.6) is 17.2 Å². The van der Waals surface area contributed by atoms with E-state index in [4.69, 9.17) is 9.47 Å². The summed E-state index contributed by atoms with van der Waals surface area (Å²) in [5.74, 6) is 2.99. The summed E-state index contributed by atoms with van der Waals surface area (Å²) < 4.78 is 11.9. The second-order valence-electron chi connectivity index (χ2n) is 7.24. The van der Waals surface area contributed by atoms with E-state index < -0.39 is 0 Å². The molecular weight excluding hydrogens is 398 g/mol. The molecular formula is C27H21N3O2. The Morgan fingerprint density at radius 1 is 0.656 bits per heavy atom. The van der Waals surface area contributed by atoms with Crippen LogP contribution in [0.2, 0.25) is 0 Å². The molecule has 5 heteroatoms. The third-order valence-electron chi connectivity index (χ3n) is 4.95. The van der Waals surface area contributed by atoms with Gasteiger partial charge in [0.25, 0.3) is 0 Å². The first-order valence-corrected chi connectivity index (χ1v) is 10.3. The Morgan fingerprint density at radius 2 is 1.44 bits per heavy atom. The molecule has 0 atom stereocenters. The van der Waals surface area contributed by atoms with Crippen LogP contribution in [0.4, 0.5) is 11.5 Å². The molecule has 5 nitrogen and oxygen atoms in total. The van der Waals surface area contributed by atoms with E-state index in [0.29, 0.717) is 6.61 Å². The average molecular weight is 419 g/mol. The van der Waals surface area contributed by atoms with E-state index in [9.17, 15) is 0 Å². The fourth-order valence-electron chi connectivity index (χ4n) is 3.35. The van der Waals surface area contributed by atoms with E-state index in [-0.39, 0.29) is 0 Å². The molecule has 0 aliphatic heterocycles. The van der Waals surface area contributed by atoms with Crippen LogP contribution >= 0.6 is 0 Å². The third kappa shape index (κ3) is 4.68. The van der Waals surface area contributed by atoms with Gasteiger partial charge in [0.15, 0.2) is 0 Å². The van der Waals surface area contributed by atoms with Gasteiger partial charge in [-0.1, -0.05) is 48.5 Å². The Hall–Kier alpha value is -4.38. The van der Waals surface area contributed by atoms with E-state index in [1.54, 1.807) is 6.33 Å². The number of aromatic nitrogens is 2. The minimum Gasteiger partial charge on any atom is -0.489 e. The van der Waals surface area contributed by atoms with Gasteiger partial charge in [0.1, 0.15) is 36.0 Å². The minimum atomic E-state index is 0.516. The Labute approximate surface area is 186 Å². The first-order chi connectivity index (χ1) is 15.8. The van der Waals surface area contributed by atoms with Crippen LogP contribution < -0.4 is 14.8 Å². The number of para-hydroxylation sites is 1. The highest BCUT2D eigenvalue weighted by molar-refractivity contribution is 5.90. The van der Waals surface area contributed by atoms with Crippen molar-refractivity contribution in [3.63, 3.8) is 0 Å². The van der Waals surface area contributed by atoms with Crippen molar-refractivity contribution in [3.05, 3.63) is 115 Å². The van der Waals surface area contributed by atoms with Crippen LogP contribution in [0.3, 0.4) is 0 Å². The molecule has 0 saturated carbocycles. The minimum absolute atomic E-state index is 0.516. The van der Waals surface area contributed by atoms with Gasteiger partial charge in [0.2, 0.25) is 0 Å². The Morgan fingerprint density at radius 3 is 2.31 bits per heavy atom. The SMILES string of the molecule is c1ccc(COc2cccc(Oc3ccc(Nc4ncnc5ccccc45)cc3)c2)cc1. The van der Waals surface area contributed by atoms with Crippen molar-refractivity contribution >= 4 is 22.4 Å². The highest BCUT2D eigenvalue weighted by Crippen LogP contribution is 2.28. The Balaban J connectivity index is 1.25. The number of nitrogens with zero attached hydrogens (tertiary/aromatic N) is 2. The molecule has 5 rings (SSSR count). The molecule has 0 saturated heterocycles. The number of ether oxygens (including phenoxy) is 2. The van der Waals surface area contributed by atoms with Crippen molar-refractivity contribution < 1.29 is 9.47 Å². The molecule has 1 N–H and O–H groups in total. The van der Waals surface area contributed by atoms with Crippen molar-refractivity contribution in [1.82, 2.24) is 9.97 Å². The summed E-state index contributed by atoms with van der Waals surface area (Å²) in [7, 11) is 0. The molecule has 0 unspecified atom stereocenters. The summed E-state index contributed by atoms with van der Waals surface area (Å²) in [5.41, 5.74) is 2.94. The number of fused-ring (bicyclic) bond motifs is 1. The molecule has 0 aliphatic carbocycles. The topological polar surface area (TPSA) is 56.3 Å². The van der Waals surface area contributed by atoms with Gasteiger partial charge >= 0.3 is 0 Å². The van der Waals surface area contributed by atoms with Crippen molar-refractivity contribution in [2.45, 2.75) is 6.61 Å². The fourth-order valence-corrected chi connectivity index (χ4v) is 3.35. The summed E-state index contributed by atoms with van der Waals surface area (Å²) in [4.78, 5) is 8.67. The summed E-state index contributed by atoms with van der Waals surface area (Å²) >= 11 is 0. The monoisotopic (exact) mass is 419 g/mol. The maximum absolute atomic E-state index is 6.01. The summed E-state index contributed by atoms with van der Waals surface area (Å²) in [6, 6.07) is 33.4. The maximum atomic E-state index is 6.01.